The molecule has 1 N–H and O–H groups in total. The van der Waals surface area contributed by atoms with Gasteiger partial charge >= 0.3 is 6.09 Å². The van der Waals surface area contributed by atoms with Gasteiger partial charge in [0.15, 0.2) is 0 Å². The smallest absolute Gasteiger partial charge is 0.410 e. The van der Waals surface area contributed by atoms with Crippen LogP contribution in [0.1, 0.15) is 18.9 Å². The molecule has 0 aromatic heterocycles. The minimum atomic E-state index is -0.213. The molecule has 0 spiro atoms. The lowest BCUT2D eigenvalue weighted by molar-refractivity contribution is 0.0854. The van der Waals surface area contributed by atoms with E-state index < -0.39 is 0 Å². The van der Waals surface area contributed by atoms with E-state index in [2.05, 4.69) is 5.32 Å². The summed E-state index contributed by atoms with van der Waals surface area (Å²) in [6.07, 6.45) is 0.795. The van der Waals surface area contributed by atoms with Gasteiger partial charge in [0.1, 0.15) is 6.61 Å². The lowest BCUT2D eigenvalue weighted by Gasteiger charge is -2.26. The number of rotatable bonds is 4. The molecule has 4 nitrogen and oxygen atoms in total. The van der Waals surface area contributed by atoms with Gasteiger partial charge in [0, 0.05) is 19.1 Å². The molecule has 98 valence electrons. The Bertz CT molecular complexity index is 375. The maximum Gasteiger partial charge on any atom is 0.410 e. The van der Waals surface area contributed by atoms with E-state index in [1.165, 1.54) is 0 Å². The van der Waals surface area contributed by atoms with Crippen molar-refractivity contribution in [2.45, 2.75) is 26.0 Å². The van der Waals surface area contributed by atoms with Crippen LogP contribution in [0.3, 0.4) is 0 Å². The first-order chi connectivity index (χ1) is 8.81. The van der Waals surface area contributed by atoms with Crippen LogP contribution in [-0.4, -0.2) is 36.7 Å². The maximum absolute atomic E-state index is 12.0. The summed E-state index contributed by atoms with van der Waals surface area (Å²) in [5, 5.41) is 3.27. The molecule has 1 heterocycles. The average Bonchev–Trinajstić information content (AvgIpc) is 2.92. The zero-order valence-corrected chi connectivity index (χ0v) is 10.8. The van der Waals surface area contributed by atoms with Crippen LogP contribution in [-0.2, 0) is 11.3 Å². The summed E-state index contributed by atoms with van der Waals surface area (Å²) in [5.74, 6) is 0. The van der Waals surface area contributed by atoms with Crippen molar-refractivity contribution in [1.82, 2.24) is 10.2 Å². The topological polar surface area (TPSA) is 41.6 Å². The van der Waals surface area contributed by atoms with Crippen LogP contribution in [0.15, 0.2) is 30.3 Å². The third-order valence-corrected chi connectivity index (χ3v) is 3.26. The number of hydrogen-bond acceptors (Lipinski definition) is 3. The van der Waals surface area contributed by atoms with Gasteiger partial charge in [-0.25, -0.2) is 4.79 Å². The highest BCUT2D eigenvalue weighted by atomic mass is 16.6. The van der Waals surface area contributed by atoms with Gasteiger partial charge in [-0.05, 0) is 25.5 Å². The fourth-order valence-electron chi connectivity index (χ4n) is 2.24. The predicted molar refractivity (Wildman–Crippen MR) is 70.3 cm³/mol. The first-order valence-corrected chi connectivity index (χ1v) is 6.49. The molecule has 0 saturated carbocycles. The molecule has 0 bridgehead atoms. The number of nitrogens with one attached hydrogen (secondary N) is 1. The Morgan fingerprint density at radius 3 is 2.83 bits per heavy atom. The Hall–Kier alpha value is -1.55. The van der Waals surface area contributed by atoms with E-state index in [1.807, 2.05) is 42.2 Å². The van der Waals surface area contributed by atoms with Crippen molar-refractivity contribution < 1.29 is 9.53 Å². The molecule has 1 aliphatic rings. The van der Waals surface area contributed by atoms with Crippen molar-refractivity contribution in [3.05, 3.63) is 35.9 Å². The van der Waals surface area contributed by atoms with Crippen molar-refractivity contribution in [3.8, 4) is 0 Å². The van der Waals surface area contributed by atoms with Gasteiger partial charge in [-0.3, -0.25) is 0 Å². The van der Waals surface area contributed by atoms with E-state index in [0.29, 0.717) is 13.2 Å². The summed E-state index contributed by atoms with van der Waals surface area (Å²) in [4.78, 5) is 13.8. The molecule has 0 radical (unpaired) electrons. The Kier molecular flexibility index (Phi) is 4.59. The van der Waals surface area contributed by atoms with Crippen molar-refractivity contribution in [2.75, 3.05) is 19.6 Å². The van der Waals surface area contributed by atoms with E-state index in [9.17, 15) is 4.79 Å². The highest BCUT2D eigenvalue weighted by molar-refractivity contribution is 5.68. The average molecular weight is 248 g/mol. The molecule has 2 rings (SSSR count). The van der Waals surface area contributed by atoms with Gasteiger partial charge in [-0.15, -0.1) is 0 Å². The second-order valence-corrected chi connectivity index (χ2v) is 4.47. The number of carbonyl (C=O) groups excluding carboxylic acids is 1. The van der Waals surface area contributed by atoms with Crippen LogP contribution in [0.2, 0.25) is 0 Å². The third kappa shape index (κ3) is 3.23. The molecule has 18 heavy (non-hydrogen) atoms. The number of nitrogens with zero attached hydrogens (tertiary/aromatic N) is 1. The van der Waals surface area contributed by atoms with Gasteiger partial charge in [0.25, 0.3) is 0 Å². The molecule has 0 aliphatic carbocycles. The SMILES string of the molecule is CCN(C(=O)OCc1ccccc1)[C@H]1CCNC1. The fourth-order valence-corrected chi connectivity index (χ4v) is 2.24. The number of carbonyl (C=O) groups is 1. The molecule has 1 saturated heterocycles. The molecule has 1 aromatic carbocycles. The fraction of sp³-hybridized carbons (Fsp3) is 0.500. The Morgan fingerprint density at radius 2 is 2.22 bits per heavy atom. The molecular formula is C14H20N2O2. The first kappa shape index (κ1) is 12.9. The van der Waals surface area contributed by atoms with Crippen LogP contribution in [0.5, 0.6) is 0 Å². The quantitative estimate of drug-likeness (QED) is 0.886. The zero-order valence-electron chi connectivity index (χ0n) is 10.8. The molecule has 1 fully saturated rings. The predicted octanol–water partition coefficient (Wildman–Crippen LogP) is 2.01. The summed E-state index contributed by atoms with van der Waals surface area (Å²) in [6.45, 7) is 4.87. The van der Waals surface area contributed by atoms with Crippen molar-refractivity contribution in [3.63, 3.8) is 0 Å². The van der Waals surface area contributed by atoms with E-state index in [4.69, 9.17) is 4.74 Å². The van der Waals surface area contributed by atoms with Gasteiger partial charge in [0.05, 0.1) is 0 Å². The largest absolute Gasteiger partial charge is 0.445 e. The maximum atomic E-state index is 12.0. The lowest BCUT2D eigenvalue weighted by Crippen LogP contribution is -2.41. The van der Waals surface area contributed by atoms with Gasteiger partial charge in [-0.1, -0.05) is 30.3 Å². The number of likely N-dealkylation sites (N-methyl/N-ethyl adjacent to an activating group) is 1. The zero-order chi connectivity index (χ0) is 12.8. The van der Waals surface area contributed by atoms with Crippen LogP contribution in [0.25, 0.3) is 0 Å². The van der Waals surface area contributed by atoms with Gasteiger partial charge < -0.3 is 15.0 Å². The molecule has 1 amide bonds. The summed E-state index contributed by atoms with van der Waals surface area (Å²) in [6, 6.07) is 10.0. The van der Waals surface area contributed by atoms with E-state index >= 15 is 0 Å². The monoisotopic (exact) mass is 248 g/mol. The second kappa shape index (κ2) is 6.40. The summed E-state index contributed by atoms with van der Waals surface area (Å²) >= 11 is 0. The Morgan fingerprint density at radius 1 is 1.44 bits per heavy atom. The Labute approximate surface area is 108 Å². The lowest BCUT2D eigenvalue weighted by atomic mass is 10.2. The molecule has 0 unspecified atom stereocenters. The minimum absolute atomic E-state index is 0.213. The highest BCUT2D eigenvalue weighted by Crippen LogP contribution is 2.11. The number of ether oxygens (including phenoxy) is 1. The molecular weight excluding hydrogens is 228 g/mol. The van der Waals surface area contributed by atoms with Crippen LogP contribution in [0, 0.1) is 0 Å². The number of amides is 1. The number of hydrogen-bond donors (Lipinski definition) is 1. The summed E-state index contributed by atoms with van der Waals surface area (Å²) < 4.78 is 5.35. The van der Waals surface area contributed by atoms with E-state index in [0.717, 1.165) is 25.1 Å². The van der Waals surface area contributed by atoms with Crippen molar-refractivity contribution in [1.29, 1.82) is 0 Å². The standard InChI is InChI=1S/C14H20N2O2/c1-2-16(13-8-9-15-10-13)14(17)18-11-12-6-4-3-5-7-12/h3-7,13,15H,2,8-11H2,1H3/t13-/m0/s1. The van der Waals surface area contributed by atoms with Crippen molar-refractivity contribution in [2.24, 2.45) is 0 Å². The van der Waals surface area contributed by atoms with Crippen LogP contribution >= 0.6 is 0 Å². The van der Waals surface area contributed by atoms with Crippen molar-refractivity contribution >= 4 is 6.09 Å². The summed E-state index contributed by atoms with van der Waals surface area (Å²) in [7, 11) is 0. The molecule has 1 aromatic rings. The number of benzene rings is 1. The third-order valence-electron chi connectivity index (χ3n) is 3.26. The first-order valence-electron chi connectivity index (χ1n) is 6.49. The van der Waals surface area contributed by atoms with Gasteiger partial charge in [0.2, 0.25) is 0 Å². The molecule has 1 atom stereocenters. The van der Waals surface area contributed by atoms with Gasteiger partial charge in [-0.2, -0.15) is 0 Å². The second-order valence-electron chi connectivity index (χ2n) is 4.47. The van der Waals surface area contributed by atoms with Crippen LogP contribution < -0.4 is 5.32 Å². The molecule has 4 heteroatoms. The van der Waals surface area contributed by atoms with E-state index in [1.54, 1.807) is 0 Å². The minimum Gasteiger partial charge on any atom is -0.445 e. The van der Waals surface area contributed by atoms with Crippen LogP contribution in [0.4, 0.5) is 4.79 Å². The normalized spacial score (nSPS) is 18.6. The molecule has 1 aliphatic heterocycles. The Balaban J connectivity index is 1.86. The highest BCUT2D eigenvalue weighted by Gasteiger charge is 2.26. The van der Waals surface area contributed by atoms with E-state index in [-0.39, 0.29) is 12.1 Å². The summed E-state index contributed by atoms with van der Waals surface area (Å²) in [5.41, 5.74) is 1.02.